The van der Waals surface area contributed by atoms with Crippen molar-refractivity contribution in [2.45, 2.75) is 13.3 Å². The van der Waals surface area contributed by atoms with Crippen molar-refractivity contribution in [3.63, 3.8) is 0 Å². The Kier molecular flexibility index (Phi) is 3.32. The number of aryl methyl sites for hydroxylation is 1. The number of carboxylic acids is 1. The Balaban J connectivity index is 2.18. The lowest BCUT2D eigenvalue weighted by molar-refractivity contribution is -0.154. The van der Waals surface area contributed by atoms with Crippen molar-refractivity contribution in [2.24, 2.45) is 0 Å². The first kappa shape index (κ1) is 12.2. The second-order valence-corrected chi connectivity index (χ2v) is 4.01. The van der Waals surface area contributed by atoms with Crippen molar-refractivity contribution in [1.82, 2.24) is 4.98 Å². The van der Waals surface area contributed by atoms with Crippen LogP contribution in [0.25, 0.3) is 10.9 Å². The van der Waals surface area contributed by atoms with E-state index in [-0.39, 0.29) is 6.42 Å². The predicted molar refractivity (Wildman–Crippen MR) is 65.3 cm³/mol. The fraction of sp³-hybridized carbons (Fsp3) is 0.231. The van der Waals surface area contributed by atoms with Crippen molar-refractivity contribution < 1.29 is 19.4 Å². The van der Waals surface area contributed by atoms with Crippen LogP contribution in [0.15, 0.2) is 24.3 Å². The topological polar surface area (TPSA) is 79.4 Å². The summed E-state index contributed by atoms with van der Waals surface area (Å²) in [6, 6.07) is 7.64. The number of aliphatic carboxylic acids is 1. The molecule has 1 aromatic heterocycles. The average molecular weight is 247 g/mol. The van der Waals surface area contributed by atoms with Gasteiger partial charge in [-0.25, -0.2) is 4.79 Å². The third kappa shape index (κ3) is 2.51. The monoisotopic (exact) mass is 247 g/mol. The van der Waals surface area contributed by atoms with Gasteiger partial charge in [-0.1, -0.05) is 18.2 Å². The Morgan fingerprint density at radius 3 is 2.78 bits per heavy atom. The molecule has 0 fully saturated rings. The summed E-state index contributed by atoms with van der Waals surface area (Å²) in [6.45, 7) is 1.28. The normalized spacial score (nSPS) is 10.5. The van der Waals surface area contributed by atoms with E-state index in [1.54, 1.807) is 0 Å². The molecule has 0 saturated carbocycles. The molecule has 5 heteroatoms. The van der Waals surface area contributed by atoms with Gasteiger partial charge < -0.3 is 14.8 Å². The largest absolute Gasteiger partial charge is 0.479 e. The highest BCUT2D eigenvalue weighted by atomic mass is 16.5. The number of H-pyrrole nitrogens is 1. The van der Waals surface area contributed by atoms with E-state index in [4.69, 9.17) is 5.11 Å². The Morgan fingerprint density at radius 1 is 1.33 bits per heavy atom. The fourth-order valence-corrected chi connectivity index (χ4v) is 1.90. The molecule has 0 radical (unpaired) electrons. The molecular formula is C13H13NO4. The van der Waals surface area contributed by atoms with Crippen LogP contribution in [0.4, 0.5) is 0 Å². The molecule has 5 nitrogen and oxygen atoms in total. The van der Waals surface area contributed by atoms with Gasteiger partial charge in [0, 0.05) is 16.6 Å². The number of ether oxygens (including phenoxy) is 1. The van der Waals surface area contributed by atoms with Crippen molar-refractivity contribution in [2.75, 3.05) is 6.61 Å². The second kappa shape index (κ2) is 4.91. The van der Waals surface area contributed by atoms with Gasteiger partial charge in [-0.2, -0.15) is 0 Å². The number of esters is 1. The molecule has 0 spiro atoms. The van der Waals surface area contributed by atoms with Gasteiger partial charge in [0.15, 0.2) is 6.61 Å². The summed E-state index contributed by atoms with van der Waals surface area (Å²) in [4.78, 5) is 25.0. The first-order chi connectivity index (χ1) is 8.58. The molecular weight excluding hydrogens is 234 g/mol. The van der Waals surface area contributed by atoms with Crippen LogP contribution in [0.3, 0.4) is 0 Å². The summed E-state index contributed by atoms with van der Waals surface area (Å²) in [6.07, 6.45) is 0.0725. The van der Waals surface area contributed by atoms with Gasteiger partial charge >= 0.3 is 11.9 Å². The standard InChI is InChI=1S/C13H13NO4/c1-8-10(6-13(17)18-7-12(15)16)9-4-2-3-5-11(9)14-8/h2-5,14H,6-7H2,1H3,(H,15,16). The van der Waals surface area contributed by atoms with Crippen molar-refractivity contribution >= 4 is 22.8 Å². The average Bonchev–Trinajstić information content (AvgIpc) is 2.64. The Bertz CT molecular complexity index is 600. The number of aromatic amines is 1. The molecule has 94 valence electrons. The summed E-state index contributed by atoms with van der Waals surface area (Å²) >= 11 is 0. The van der Waals surface area contributed by atoms with Crippen LogP contribution < -0.4 is 0 Å². The Labute approximate surface area is 103 Å². The van der Waals surface area contributed by atoms with Crippen LogP contribution >= 0.6 is 0 Å². The van der Waals surface area contributed by atoms with E-state index >= 15 is 0 Å². The van der Waals surface area contributed by atoms with Gasteiger partial charge in [0.1, 0.15) is 0 Å². The van der Waals surface area contributed by atoms with Gasteiger partial charge in [-0.15, -0.1) is 0 Å². The Morgan fingerprint density at radius 2 is 2.06 bits per heavy atom. The van der Waals surface area contributed by atoms with E-state index in [1.165, 1.54) is 0 Å². The minimum atomic E-state index is -1.15. The van der Waals surface area contributed by atoms with Crippen molar-refractivity contribution in [3.8, 4) is 0 Å². The highest BCUT2D eigenvalue weighted by molar-refractivity contribution is 5.89. The number of carbonyl (C=O) groups is 2. The van der Waals surface area contributed by atoms with E-state index in [2.05, 4.69) is 9.72 Å². The molecule has 0 unspecified atom stereocenters. The van der Waals surface area contributed by atoms with Crippen molar-refractivity contribution in [1.29, 1.82) is 0 Å². The van der Waals surface area contributed by atoms with Crippen molar-refractivity contribution in [3.05, 3.63) is 35.5 Å². The molecule has 0 aliphatic heterocycles. The number of carboxylic acid groups (broad SMARTS) is 1. The highest BCUT2D eigenvalue weighted by Gasteiger charge is 2.13. The summed E-state index contributed by atoms with van der Waals surface area (Å²) in [5.74, 6) is -1.69. The van der Waals surface area contributed by atoms with E-state index in [0.29, 0.717) is 0 Å². The van der Waals surface area contributed by atoms with Gasteiger partial charge in [-0.05, 0) is 18.6 Å². The smallest absolute Gasteiger partial charge is 0.341 e. The molecule has 0 bridgehead atoms. The van der Waals surface area contributed by atoms with Gasteiger partial charge in [-0.3, -0.25) is 4.79 Å². The number of aromatic nitrogens is 1. The number of hydrogen-bond donors (Lipinski definition) is 2. The minimum Gasteiger partial charge on any atom is -0.479 e. The summed E-state index contributed by atoms with van der Waals surface area (Å²) in [5.41, 5.74) is 2.69. The molecule has 0 atom stereocenters. The molecule has 0 saturated heterocycles. The van der Waals surface area contributed by atoms with Gasteiger partial charge in [0.2, 0.25) is 0 Å². The number of carbonyl (C=O) groups excluding carboxylic acids is 1. The maximum absolute atomic E-state index is 11.5. The van der Waals surface area contributed by atoms with E-state index in [0.717, 1.165) is 22.2 Å². The molecule has 0 amide bonds. The second-order valence-electron chi connectivity index (χ2n) is 4.01. The maximum atomic E-state index is 11.5. The zero-order chi connectivity index (χ0) is 13.1. The van der Waals surface area contributed by atoms with Gasteiger partial charge in [0.25, 0.3) is 0 Å². The van der Waals surface area contributed by atoms with E-state index < -0.39 is 18.5 Å². The van der Waals surface area contributed by atoms with Crippen LogP contribution in [0.1, 0.15) is 11.3 Å². The quantitative estimate of drug-likeness (QED) is 0.805. The van der Waals surface area contributed by atoms with Crippen LogP contribution in [0.5, 0.6) is 0 Å². The van der Waals surface area contributed by atoms with E-state index in [9.17, 15) is 9.59 Å². The maximum Gasteiger partial charge on any atom is 0.341 e. The molecule has 18 heavy (non-hydrogen) atoms. The zero-order valence-corrected chi connectivity index (χ0v) is 9.90. The van der Waals surface area contributed by atoms with Crippen LogP contribution in [0, 0.1) is 6.92 Å². The lowest BCUT2D eigenvalue weighted by atomic mass is 10.1. The summed E-state index contributed by atoms with van der Waals surface area (Å²) < 4.78 is 4.63. The third-order valence-corrected chi connectivity index (χ3v) is 2.70. The van der Waals surface area contributed by atoms with Crippen LogP contribution in [-0.4, -0.2) is 28.6 Å². The minimum absolute atomic E-state index is 0.0725. The molecule has 1 heterocycles. The molecule has 2 N–H and O–H groups in total. The molecule has 0 aliphatic rings. The number of rotatable bonds is 4. The fourth-order valence-electron chi connectivity index (χ4n) is 1.90. The SMILES string of the molecule is Cc1[nH]c2ccccc2c1CC(=O)OCC(=O)O. The number of hydrogen-bond acceptors (Lipinski definition) is 3. The molecule has 2 aromatic rings. The van der Waals surface area contributed by atoms with Crippen LogP contribution in [-0.2, 0) is 20.7 Å². The lowest BCUT2D eigenvalue weighted by Gasteiger charge is -2.02. The van der Waals surface area contributed by atoms with E-state index in [1.807, 2.05) is 31.2 Å². The predicted octanol–water partition coefficient (Wildman–Crippen LogP) is 1.65. The molecule has 1 aromatic carbocycles. The Hall–Kier alpha value is -2.30. The number of fused-ring (bicyclic) bond motifs is 1. The number of benzene rings is 1. The first-order valence-electron chi connectivity index (χ1n) is 5.51. The van der Waals surface area contributed by atoms with Gasteiger partial charge in [0.05, 0.1) is 6.42 Å². The third-order valence-electron chi connectivity index (χ3n) is 2.70. The lowest BCUT2D eigenvalue weighted by Crippen LogP contribution is -2.14. The zero-order valence-electron chi connectivity index (χ0n) is 9.90. The number of nitrogens with one attached hydrogen (secondary N) is 1. The molecule has 2 rings (SSSR count). The van der Waals surface area contributed by atoms with Crippen LogP contribution in [0.2, 0.25) is 0 Å². The first-order valence-corrected chi connectivity index (χ1v) is 5.51. The number of para-hydroxylation sites is 1. The summed E-state index contributed by atoms with van der Waals surface area (Å²) in [7, 11) is 0. The summed E-state index contributed by atoms with van der Waals surface area (Å²) in [5, 5.41) is 9.39. The highest BCUT2D eigenvalue weighted by Crippen LogP contribution is 2.22. The molecule has 0 aliphatic carbocycles.